The number of unbranched alkanes of at least 4 members (excludes halogenated alkanes) is 1. The lowest BCUT2D eigenvalue weighted by molar-refractivity contribution is -0.122. The van der Waals surface area contributed by atoms with Gasteiger partial charge in [-0.15, -0.1) is 0 Å². The predicted molar refractivity (Wildman–Crippen MR) is 173 cm³/mol. The Hall–Kier alpha value is -3.75. The molecule has 1 saturated heterocycles. The lowest BCUT2D eigenvalue weighted by atomic mass is 9.99. The highest BCUT2D eigenvalue weighted by molar-refractivity contribution is 8.26. The number of para-hydroxylation sites is 1. The van der Waals surface area contributed by atoms with Gasteiger partial charge in [0.1, 0.15) is 28.2 Å². The summed E-state index contributed by atoms with van der Waals surface area (Å²) in [6.07, 6.45) is 8.21. The van der Waals surface area contributed by atoms with Crippen LogP contribution in [0.5, 0.6) is 5.75 Å². The first kappa shape index (κ1) is 29.7. The molecule has 0 spiro atoms. The van der Waals surface area contributed by atoms with Gasteiger partial charge in [-0.1, -0.05) is 106 Å². The molecule has 5 rings (SSSR count). The Kier molecular flexibility index (Phi) is 9.87. The number of carbonyl (C=O) groups excluding carboxylic acids is 1. The summed E-state index contributed by atoms with van der Waals surface area (Å²) in [6.45, 7) is 5.12. The lowest BCUT2D eigenvalue weighted by Gasteiger charge is -2.21. The number of nitrogens with zero attached hydrogens (tertiary/aromatic N) is 3. The topological polar surface area (TPSA) is 47.4 Å². The molecule has 1 fully saturated rings. The SMILES string of the molecule is CCCCC(CC)CN1C(=O)C(=Cc2cn(-c3ccccc3)nc2-c2cccc(OCc3ccccc3F)c2)SC1=S. The van der Waals surface area contributed by atoms with Gasteiger partial charge in [0.2, 0.25) is 0 Å². The van der Waals surface area contributed by atoms with E-state index in [0.717, 1.165) is 42.5 Å². The first-order valence-corrected chi connectivity index (χ1v) is 15.6. The third-order valence-corrected chi connectivity index (χ3v) is 8.74. The van der Waals surface area contributed by atoms with Crippen molar-refractivity contribution in [1.82, 2.24) is 14.7 Å². The van der Waals surface area contributed by atoms with Crippen LogP contribution in [0.15, 0.2) is 90.0 Å². The minimum Gasteiger partial charge on any atom is -0.489 e. The maximum atomic E-state index is 14.1. The summed E-state index contributed by atoms with van der Waals surface area (Å²) in [7, 11) is 0. The Morgan fingerprint density at radius 3 is 2.60 bits per heavy atom. The summed E-state index contributed by atoms with van der Waals surface area (Å²) in [5.74, 6) is 0.668. The third-order valence-electron chi connectivity index (χ3n) is 7.37. The average Bonchev–Trinajstić information content (AvgIpc) is 3.55. The molecule has 2 heterocycles. The van der Waals surface area contributed by atoms with E-state index in [1.54, 1.807) is 23.1 Å². The van der Waals surface area contributed by atoms with Crippen LogP contribution in [0.3, 0.4) is 0 Å². The van der Waals surface area contributed by atoms with Crippen LogP contribution in [0.4, 0.5) is 4.39 Å². The van der Waals surface area contributed by atoms with Crippen molar-refractivity contribution in [3.63, 3.8) is 0 Å². The van der Waals surface area contributed by atoms with E-state index in [2.05, 4.69) is 13.8 Å². The average molecular weight is 600 g/mol. The highest BCUT2D eigenvalue weighted by Crippen LogP contribution is 2.36. The zero-order chi connectivity index (χ0) is 29.5. The van der Waals surface area contributed by atoms with Gasteiger partial charge in [-0.25, -0.2) is 9.07 Å². The number of hydrogen-bond acceptors (Lipinski definition) is 5. The summed E-state index contributed by atoms with van der Waals surface area (Å²) in [5.41, 5.74) is 3.71. The Bertz CT molecular complexity index is 1580. The van der Waals surface area contributed by atoms with Crippen LogP contribution in [-0.4, -0.2) is 31.5 Å². The molecule has 1 amide bonds. The van der Waals surface area contributed by atoms with Gasteiger partial charge in [-0.2, -0.15) is 5.10 Å². The molecule has 5 nitrogen and oxygen atoms in total. The van der Waals surface area contributed by atoms with Gasteiger partial charge in [0, 0.05) is 29.4 Å². The maximum absolute atomic E-state index is 14.1. The second-order valence-electron chi connectivity index (χ2n) is 10.3. The Morgan fingerprint density at radius 1 is 1.05 bits per heavy atom. The molecular formula is C34H34FN3O2S2. The summed E-state index contributed by atoms with van der Waals surface area (Å²) < 4.78 is 22.5. The summed E-state index contributed by atoms with van der Waals surface area (Å²) in [4.78, 5) is 15.9. The van der Waals surface area contributed by atoms with E-state index in [1.807, 2.05) is 71.6 Å². The van der Waals surface area contributed by atoms with Crippen LogP contribution in [0.25, 0.3) is 23.0 Å². The zero-order valence-electron chi connectivity index (χ0n) is 23.8. The largest absolute Gasteiger partial charge is 0.489 e. The van der Waals surface area contributed by atoms with Crippen LogP contribution in [0.1, 0.15) is 50.7 Å². The molecule has 42 heavy (non-hydrogen) atoms. The first-order valence-electron chi connectivity index (χ1n) is 14.3. The molecule has 1 unspecified atom stereocenters. The lowest BCUT2D eigenvalue weighted by Crippen LogP contribution is -2.33. The van der Waals surface area contributed by atoms with E-state index in [9.17, 15) is 9.18 Å². The minimum atomic E-state index is -0.300. The van der Waals surface area contributed by atoms with Crippen molar-refractivity contribution < 1.29 is 13.9 Å². The molecule has 1 aliphatic rings. The molecular weight excluding hydrogens is 566 g/mol. The molecule has 8 heteroatoms. The van der Waals surface area contributed by atoms with E-state index in [1.165, 1.54) is 17.8 Å². The molecule has 1 aliphatic heterocycles. The fraction of sp³-hybridized carbons (Fsp3) is 0.265. The molecule has 0 aliphatic carbocycles. The number of halogens is 1. The Balaban J connectivity index is 1.45. The van der Waals surface area contributed by atoms with E-state index < -0.39 is 0 Å². The summed E-state index contributed by atoms with van der Waals surface area (Å²) in [6, 6.07) is 24.0. The number of carbonyl (C=O) groups is 1. The molecule has 0 bridgehead atoms. The Labute approximate surface area is 256 Å². The number of ether oxygens (including phenoxy) is 1. The predicted octanol–water partition coefficient (Wildman–Crippen LogP) is 8.68. The van der Waals surface area contributed by atoms with Gasteiger partial charge in [-0.3, -0.25) is 9.69 Å². The highest BCUT2D eigenvalue weighted by atomic mass is 32.2. The monoisotopic (exact) mass is 599 g/mol. The normalized spacial score (nSPS) is 15.0. The van der Waals surface area contributed by atoms with Gasteiger partial charge in [0.15, 0.2) is 0 Å². The second-order valence-corrected chi connectivity index (χ2v) is 12.0. The first-order chi connectivity index (χ1) is 20.5. The summed E-state index contributed by atoms with van der Waals surface area (Å²) in [5, 5.41) is 4.91. The van der Waals surface area contributed by atoms with Crippen LogP contribution >= 0.6 is 24.0 Å². The fourth-order valence-electron chi connectivity index (χ4n) is 4.91. The van der Waals surface area contributed by atoms with Crippen molar-refractivity contribution >= 4 is 40.3 Å². The molecule has 1 aromatic heterocycles. The van der Waals surface area contributed by atoms with Crippen molar-refractivity contribution in [3.8, 4) is 22.7 Å². The number of thiocarbonyl (C=S) groups is 1. The van der Waals surface area contributed by atoms with Crippen LogP contribution in [0, 0.1) is 11.7 Å². The molecule has 4 aromatic rings. The summed E-state index contributed by atoms with van der Waals surface area (Å²) >= 11 is 7.00. The number of benzene rings is 3. The number of amides is 1. The van der Waals surface area contributed by atoms with Crippen molar-refractivity contribution in [1.29, 1.82) is 0 Å². The second kappa shape index (κ2) is 13.9. The van der Waals surface area contributed by atoms with E-state index >= 15 is 0 Å². The fourth-order valence-corrected chi connectivity index (χ4v) is 6.18. The smallest absolute Gasteiger partial charge is 0.266 e. The molecule has 3 aromatic carbocycles. The van der Waals surface area contributed by atoms with Gasteiger partial charge >= 0.3 is 0 Å². The molecule has 0 saturated carbocycles. The standard InChI is InChI=1S/C34H34FN3O2S2/c1-3-5-12-24(4-2)21-37-33(39)31(42-34(37)41)20-27-22-38(28-15-7-6-8-16-28)36-32(27)25-14-11-17-29(19-25)40-23-26-13-9-10-18-30(26)35/h6-11,13-20,22,24H,3-5,12,21,23H2,1-2H3. The van der Waals surface area contributed by atoms with E-state index in [4.69, 9.17) is 22.1 Å². The molecule has 0 radical (unpaired) electrons. The van der Waals surface area contributed by atoms with E-state index in [0.29, 0.717) is 38.7 Å². The quantitative estimate of drug-likeness (QED) is 0.120. The van der Waals surface area contributed by atoms with Crippen molar-refractivity contribution in [2.45, 2.75) is 46.1 Å². The highest BCUT2D eigenvalue weighted by Gasteiger charge is 2.33. The number of aromatic nitrogens is 2. The van der Waals surface area contributed by atoms with Crippen molar-refractivity contribution in [2.24, 2.45) is 5.92 Å². The van der Waals surface area contributed by atoms with E-state index in [-0.39, 0.29) is 18.3 Å². The maximum Gasteiger partial charge on any atom is 0.266 e. The van der Waals surface area contributed by atoms with Crippen LogP contribution < -0.4 is 4.74 Å². The molecule has 1 atom stereocenters. The Morgan fingerprint density at radius 2 is 1.83 bits per heavy atom. The van der Waals surface area contributed by atoms with Gasteiger partial charge < -0.3 is 4.74 Å². The molecule has 0 N–H and O–H groups in total. The van der Waals surface area contributed by atoms with Crippen molar-refractivity contribution in [2.75, 3.05) is 6.54 Å². The van der Waals surface area contributed by atoms with Crippen molar-refractivity contribution in [3.05, 3.63) is 107 Å². The van der Waals surface area contributed by atoms with Gasteiger partial charge in [-0.05, 0) is 48.7 Å². The number of thioether (sulfide) groups is 1. The zero-order valence-corrected chi connectivity index (χ0v) is 25.5. The van der Waals surface area contributed by atoms with Crippen LogP contribution in [0.2, 0.25) is 0 Å². The third kappa shape index (κ3) is 6.99. The van der Waals surface area contributed by atoms with Crippen LogP contribution in [-0.2, 0) is 11.4 Å². The minimum absolute atomic E-state index is 0.0552. The molecule has 216 valence electrons. The van der Waals surface area contributed by atoms with Gasteiger partial charge in [0.05, 0.1) is 10.6 Å². The number of rotatable bonds is 12. The number of hydrogen-bond donors (Lipinski definition) is 0. The van der Waals surface area contributed by atoms with Gasteiger partial charge in [0.25, 0.3) is 5.91 Å².